The van der Waals surface area contributed by atoms with E-state index in [1.54, 1.807) is 6.08 Å². The average Bonchev–Trinajstić information content (AvgIpc) is 0.842. The molecule has 0 aliphatic carbocycles. The van der Waals surface area contributed by atoms with E-state index in [9.17, 15) is 35.1 Å². The molecule has 1 aliphatic heterocycles. The molecule has 0 radical (unpaired) electrons. The highest BCUT2D eigenvalue weighted by Crippen LogP contribution is 2.27. The van der Waals surface area contributed by atoms with Crippen LogP contribution in [0.5, 0.6) is 0 Å². The summed E-state index contributed by atoms with van der Waals surface area (Å²) >= 11 is 0. The highest BCUT2D eigenvalue weighted by Gasteiger charge is 2.47. The number of carbonyl (C=O) groups is 2. The number of unbranched alkanes of at least 4 members (excludes halogenated alkanes) is 48. The molecule has 1 fully saturated rings. The lowest BCUT2D eigenvalue weighted by molar-refractivity contribution is -0.305. The molecule has 1 amide bonds. The Labute approximate surface area is 573 Å². The van der Waals surface area contributed by atoms with Crippen LogP contribution in [0.1, 0.15) is 387 Å². The van der Waals surface area contributed by atoms with Crippen molar-refractivity contribution in [3.63, 3.8) is 0 Å². The number of ether oxygens (including phenoxy) is 3. The standard InChI is InChI=1S/C82H151NO10/c1-4-7-10-13-16-19-22-24-26-28-30-32-34-36-38-40-42-44-46-48-50-52-55-58-61-64-67-70-77(87)93-80-79(89)78(88)76(71-84)92-82(80)91-72-73(74(85)68-65-62-59-56-53-21-18-15-12-9-6-3)83-81(90)75(86)69-66-63-60-57-54-51-49-47-45-43-41-39-37-35-33-31-29-27-25-23-20-17-14-11-8-5-2/h16,19,24,26,30,32,36,38,65,68,73-76,78-80,82,84-86,88-89H,4-15,17-18,20-23,25,27-29,31,33-35,37,39-64,66-67,69-72H2,1-3H3,(H,83,90)/b19-16-,26-24-,32-30-,38-36-,68-65+. The molecule has 6 N–H and O–H groups in total. The van der Waals surface area contributed by atoms with Gasteiger partial charge in [-0.25, -0.2) is 0 Å². The van der Waals surface area contributed by atoms with Gasteiger partial charge in [0.1, 0.15) is 24.4 Å². The molecule has 0 saturated carbocycles. The van der Waals surface area contributed by atoms with Crippen LogP contribution in [0.15, 0.2) is 60.8 Å². The van der Waals surface area contributed by atoms with Crippen molar-refractivity contribution in [2.45, 2.75) is 436 Å². The van der Waals surface area contributed by atoms with Gasteiger partial charge in [-0.05, 0) is 70.6 Å². The molecule has 8 atom stereocenters. The van der Waals surface area contributed by atoms with Crippen molar-refractivity contribution < 1.29 is 49.3 Å². The minimum Gasteiger partial charge on any atom is -0.454 e. The second-order valence-electron chi connectivity index (χ2n) is 27.8. The fourth-order valence-electron chi connectivity index (χ4n) is 12.6. The lowest BCUT2D eigenvalue weighted by atomic mass is 9.99. The van der Waals surface area contributed by atoms with Crippen LogP contribution in [0.2, 0.25) is 0 Å². The van der Waals surface area contributed by atoms with Gasteiger partial charge in [-0.1, -0.05) is 370 Å². The molecule has 0 aromatic carbocycles. The Hall–Kier alpha value is -2.64. The molecule has 8 unspecified atom stereocenters. The van der Waals surface area contributed by atoms with Crippen molar-refractivity contribution in [2.75, 3.05) is 13.2 Å². The van der Waals surface area contributed by atoms with Gasteiger partial charge in [0.15, 0.2) is 12.4 Å². The third-order valence-electron chi connectivity index (χ3n) is 18.9. The number of rotatable bonds is 70. The number of nitrogens with one attached hydrogen (secondary N) is 1. The number of aliphatic hydroxyl groups is 5. The van der Waals surface area contributed by atoms with Crippen LogP contribution in [-0.4, -0.2) is 99.6 Å². The maximum absolute atomic E-state index is 13.5. The van der Waals surface area contributed by atoms with Crippen LogP contribution in [0.25, 0.3) is 0 Å². The SMILES string of the molecule is CCCCC/C=C\C/C=C\C/C=C\C/C=C\CCCCCCCCCCCCCC(=O)OC1C(OCC(NC(=O)C(O)CCCCCCCCCCCCCCCCCCCCCCCCCCCC)C(O)/C=C/CCCCCCCCCCC)OC(CO)C(O)C1O. The van der Waals surface area contributed by atoms with Crippen LogP contribution >= 0.6 is 0 Å². The molecule has 0 spiro atoms. The highest BCUT2D eigenvalue weighted by atomic mass is 16.7. The average molecular weight is 1310 g/mol. The van der Waals surface area contributed by atoms with E-state index in [0.717, 1.165) is 83.5 Å². The highest BCUT2D eigenvalue weighted by molar-refractivity contribution is 5.80. The van der Waals surface area contributed by atoms with E-state index in [0.29, 0.717) is 19.3 Å². The molecular formula is C82H151NO10. The predicted molar refractivity (Wildman–Crippen MR) is 393 cm³/mol. The first-order valence-corrected chi connectivity index (χ1v) is 40.1. The Morgan fingerprint density at radius 3 is 1.13 bits per heavy atom. The number of amides is 1. The van der Waals surface area contributed by atoms with Gasteiger partial charge in [0.2, 0.25) is 5.91 Å². The number of carbonyl (C=O) groups excluding carboxylic acids is 2. The smallest absolute Gasteiger partial charge is 0.306 e. The minimum absolute atomic E-state index is 0.120. The Bertz CT molecular complexity index is 1750. The van der Waals surface area contributed by atoms with Crippen LogP contribution < -0.4 is 5.32 Å². The van der Waals surface area contributed by atoms with Crippen LogP contribution in [0.3, 0.4) is 0 Å². The normalized spacial score (nSPS) is 18.1. The van der Waals surface area contributed by atoms with Crippen molar-refractivity contribution in [3.8, 4) is 0 Å². The summed E-state index contributed by atoms with van der Waals surface area (Å²) in [5.41, 5.74) is 0. The van der Waals surface area contributed by atoms with Crippen LogP contribution in [0.4, 0.5) is 0 Å². The zero-order chi connectivity index (χ0) is 67.4. The first-order chi connectivity index (χ1) is 45.7. The van der Waals surface area contributed by atoms with Crippen molar-refractivity contribution in [2.24, 2.45) is 0 Å². The lowest BCUT2D eigenvalue weighted by Crippen LogP contribution is -2.61. The first-order valence-electron chi connectivity index (χ1n) is 40.1. The third kappa shape index (κ3) is 56.0. The van der Waals surface area contributed by atoms with E-state index in [1.807, 2.05) is 6.08 Å². The molecule has 93 heavy (non-hydrogen) atoms. The monoisotopic (exact) mass is 1310 g/mol. The second kappa shape index (κ2) is 69.3. The molecule has 1 rings (SSSR count). The number of hydrogen-bond donors (Lipinski definition) is 6. The van der Waals surface area contributed by atoms with Gasteiger partial charge in [-0.15, -0.1) is 0 Å². The quantitative estimate of drug-likeness (QED) is 0.0195. The fraction of sp³-hybridized carbons (Fsp3) is 0.854. The summed E-state index contributed by atoms with van der Waals surface area (Å²) in [7, 11) is 0. The van der Waals surface area contributed by atoms with Gasteiger partial charge in [0.05, 0.1) is 25.4 Å². The summed E-state index contributed by atoms with van der Waals surface area (Å²) in [5, 5.41) is 57.4. The van der Waals surface area contributed by atoms with E-state index in [4.69, 9.17) is 14.2 Å². The Morgan fingerprint density at radius 1 is 0.419 bits per heavy atom. The molecule has 1 saturated heterocycles. The summed E-state index contributed by atoms with van der Waals surface area (Å²) in [4.78, 5) is 26.8. The van der Waals surface area contributed by atoms with Gasteiger partial charge in [0, 0.05) is 6.42 Å². The summed E-state index contributed by atoms with van der Waals surface area (Å²) in [6, 6.07) is -1.02. The fourth-order valence-corrected chi connectivity index (χ4v) is 12.6. The van der Waals surface area contributed by atoms with Crippen molar-refractivity contribution in [1.82, 2.24) is 5.32 Å². The van der Waals surface area contributed by atoms with Gasteiger partial charge in [-0.2, -0.15) is 0 Å². The molecule has 544 valence electrons. The van der Waals surface area contributed by atoms with E-state index in [1.165, 1.54) is 257 Å². The van der Waals surface area contributed by atoms with Crippen LogP contribution in [0, 0.1) is 0 Å². The summed E-state index contributed by atoms with van der Waals surface area (Å²) in [6.07, 6.45) is 80.0. The zero-order valence-electron chi connectivity index (χ0n) is 60.9. The van der Waals surface area contributed by atoms with Gasteiger partial charge >= 0.3 is 5.97 Å². The molecule has 1 aliphatic rings. The molecule has 1 heterocycles. The zero-order valence-corrected chi connectivity index (χ0v) is 60.9. The summed E-state index contributed by atoms with van der Waals surface area (Å²) < 4.78 is 17.7. The predicted octanol–water partition coefficient (Wildman–Crippen LogP) is 21.6. The molecular weight excluding hydrogens is 1160 g/mol. The minimum atomic E-state index is -1.62. The maximum atomic E-state index is 13.5. The number of esters is 1. The van der Waals surface area contributed by atoms with E-state index in [-0.39, 0.29) is 13.0 Å². The van der Waals surface area contributed by atoms with E-state index in [2.05, 4.69) is 74.7 Å². The molecule has 0 bridgehead atoms. The van der Waals surface area contributed by atoms with Crippen molar-refractivity contribution >= 4 is 11.9 Å². The Kier molecular flexibility index (Phi) is 65.8. The maximum Gasteiger partial charge on any atom is 0.306 e. The van der Waals surface area contributed by atoms with Gasteiger partial charge < -0.3 is 45.1 Å². The summed E-state index contributed by atoms with van der Waals surface area (Å²) in [5.74, 6) is -1.18. The topological polar surface area (TPSA) is 175 Å². The Balaban J connectivity index is 2.47. The molecule has 0 aromatic rings. The number of hydrogen-bond acceptors (Lipinski definition) is 10. The summed E-state index contributed by atoms with van der Waals surface area (Å²) in [6.45, 7) is 5.82. The van der Waals surface area contributed by atoms with Crippen LogP contribution in [-0.2, 0) is 23.8 Å². The van der Waals surface area contributed by atoms with Gasteiger partial charge in [-0.3, -0.25) is 9.59 Å². The second-order valence-corrected chi connectivity index (χ2v) is 27.8. The van der Waals surface area contributed by atoms with Crippen molar-refractivity contribution in [3.05, 3.63) is 60.8 Å². The van der Waals surface area contributed by atoms with E-state index < -0.39 is 67.4 Å². The number of aliphatic hydroxyl groups excluding tert-OH is 5. The van der Waals surface area contributed by atoms with Gasteiger partial charge in [0.25, 0.3) is 0 Å². The lowest BCUT2D eigenvalue weighted by Gasteiger charge is -2.41. The molecule has 11 nitrogen and oxygen atoms in total. The first kappa shape index (κ1) is 88.4. The number of allylic oxidation sites excluding steroid dienone is 9. The third-order valence-corrected chi connectivity index (χ3v) is 18.9. The molecule has 11 heteroatoms. The molecule has 0 aromatic heterocycles. The Morgan fingerprint density at radius 2 is 0.742 bits per heavy atom. The van der Waals surface area contributed by atoms with Crippen molar-refractivity contribution in [1.29, 1.82) is 0 Å². The largest absolute Gasteiger partial charge is 0.454 e. The van der Waals surface area contributed by atoms with E-state index >= 15 is 0 Å².